The third-order valence-corrected chi connectivity index (χ3v) is 5.04. The summed E-state index contributed by atoms with van der Waals surface area (Å²) in [5.74, 6) is 1.02. The summed E-state index contributed by atoms with van der Waals surface area (Å²) < 4.78 is 16.3. The molecule has 2 aromatic carbocycles. The fourth-order valence-electron chi connectivity index (χ4n) is 3.72. The fourth-order valence-corrected chi connectivity index (χ4v) is 3.72. The Labute approximate surface area is 162 Å². The van der Waals surface area contributed by atoms with Crippen molar-refractivity contribution in [3.05, 3.63) is 47.2 Å². The molecule has 0 atom stereocenters. The summed E-state index contributed by atoms with van der Waals surface area (Å²) in [4.78, 5) is 12.5. The van der Waals surface area contributed by atoms with Crippen molar-refractivity contribution in [2.75, 3.05) is 17.8 Å². The average molecular weight is 387 g/mol. The van der Waals surface area contributed by atoms with Crippen LogP contribution in [0.5, 0.6) is 11.5 Å². The number of anilines is 2. The molecule has 27 heavy (non-hydrogen) atoms. The highest BCUT2D eigenvalue weighted by molar-refractivity contribution is 5.98. The van der Waals surface area contributed by atoms with Gasteiger partial charge in [0.25, 0.3) is 0 Å². The number of hydrogen-bond donors (Lipinski definition) is 2. The molecule has 0 bridgehead atoms. The SMILES string of the molecule is Cl.Nc1cc2c(cc1NC(=O)Cc1coc3cc4c(cc13)CCC4)OCO2. The second kappa shape index (κ2) is 6.70. The summed E-state index contributed by atoms with van der Waals surface area (Å²) in [6.07, 6.45) is 5.27. The third-order valence-electron chi connectivity index (χ3n) is 5.04. The zero-order valence-corrected chi connectivity index (χ0v) is 15.4. The molecule has 0 saturated carbocycles. The van der Waals surface area contributed by atoms with E-state index in [4.69, 9.17) is 19.6 Å². The number of nitrogen functional groups attached to an aromatic ring is 1. The van der Waals surface area contributed by atoms with Gasteiger partial charge >= 0.3 is 0 Å². The average Bonchev–Trinajstić information content (AvgIpc) is 3.33. The first-order valence-electron chi connectivity index (χ1n) is 8.68. The lowest BCUT2D eigenvalue weighted by molar-refractivity contribution is -0.115. The number of rotatable bonds is 3. The van der Waals surface area contributed by atoms with Gasteiger partial charge in [-0.05, 0) is 42.5 Å². The van der Waals surface area contributed by atoms with Gasteiger partial charge in [-0.15, -0.1) is 12.4 Å². The number of furan rings is 1. The van der Waals surface area contributed by atoms with Crippen molar-refractivity contribution in [1.82, 2.24) is 0 Å². The first-order valence-corrected chi connectivity index (χ1v) is 8.68. The lowest BCUT2D eigenvalue weighted by atomic mass is 10.0. The molecule has 0 radical (unpaired) electrons. The Morgan fingerprint density at radius 1 is 1.07 bits per heavy atom. The summed E-state index contributed by atoms with van der Waals surface area (Å²) in [5, 5.41) is 3.87. The summed E-state index contributed by atoms with van der Waals surface area (Å²) in [6, 6.07) is 7.62. The molecule has 1 amide bonds. The van der Waals surface area contributed by atoms with Gasteiger partial charge in [0.05, 0.1) is 24.1 Å². The van der Waals surface area contributed by atoms with Gasteiger partial charge in [0, 0.05) is 23.1 Å². The van der Waals surface area contributed by atoms with Crippen molar-refractivity contribution in [2.45, 2.75) is 25.7 Å². The minimum atomic E-state index is -0.154. The molecule has 0 fully saturated rings. The molecule has 7 heteroatoms. The Kier molecular flexibility index (Phi) is 4.36. The van der Waals surface area contributed by atoms with Crippen molar-refractivity contribution in [2.24, 2.45) is 0 Å². The maximum atomic E-state index is 12.5. The predicted molar refractivity (Wildman–Crippen MR) is 105 cm³/mol. The second-order valence-corrected chi connectivity index (χ2v) is 6.75. The third kappa shape index (κ3) is 3.06. The minimum absolute atomic E-state index is 0. The molecular formula is C20H19ClN2O4. The lowest BCUT2D eigenvalue weighted by Gasteiger charge is -2.09. The summed E-state index contributed by atoms with van der Waals surface area (Å²) in [5.41, 5.74) is 11.4. The van der Waals surface area contributed by atoms with E-state index in [1.54, 1.807) is 18.4 Å². The van der Waals surface area contributed by atoms with Gasteiger partial charge in [-0.3, -0.25) is 4.79 Å². The fraction of sp³-hybridized carbons (Fsp3) is 0.250. The highest BCUT2D eigenvalue weighted by atomic mass is 35.5. The van der Waals surface area contributed by atoms with Crippen LogP contribution in [0, 0.1) is 0 Å². The van der Waals surface area contributed by atoms with Crippen LogP contribution in [-0.2, 0) is 24.1 Å². The first-order chi connectivity index (χ1) is 12.7. The van der Waals surface area contributed by atoms with E-state index in [1.807, 2.05) is 0 Å². The van der Waals surface area contributed by atoms with E-state index in [1.165, 1.54) is 17.5 Å². The number of nitrogens with two attached hydrogens (primary N) is 1. The molecule has 2 aliphatic rings. The monoisotopic (exact) mass is 386 g/mol. The van der Waals surface area contributed by atoms with Crippen LogP contribution in [0.4, 0.5) is 11.4 Å². The lowest BCUT2D eigenvalue weighted by Crippen LogP contribution is -2.15. The van der Waals surface area contributed by atoms with E-state index in [9.17, 15) is 4.79 Å². The molecule has 6 nitrogen and oxygen atoms in total. The van der Waals surface area contributed by atoms with Crippen LogP contribution in [0.3, 0.4) is 0 Å². The molecule has 140 valence electrons. The van der Waals surface area contributed by atoms with E-state index < -0.39 is 0 Å². The summed E-state index contributed by atoms with van der Waals surface area (Å²) >= 11 is 0. The van der Waals surface area contributed by atoms with Gasteiger partial charge in [0.2, 0.25) is 12.7 Å². The van der Waals surface area contributed by atoms with E-state index in [-0.39, 0.29) is 31.5 Å². The zero-order chi connectivity index (χ0) is 17.7. The van der Waals surface area contributed by atoms with Gasteiger partial charge in [0.15, 0.2) is 11.5 Å². The first kappa shape index (κ1) is 17.5. The topological polar surface area (TPSA) is 86.7 Å². The van der Waals surface area contributed by atoms with Gasteiger partial charge in [0.1, 0.15) is 5.58 Å². The van der Waals surface area contributed by atoms with Gasteiger partial charge in [-0.2, -0.15) is 0 Å². The zero-order valence-electron chi connectivity index (χ0n) is 14.5. The van der Waals surface area contributed by atoms with Crippen LogP contribution in [-0.4, -0.2) is 12.7 Å². The quantitative estimate of drug-likeness (QED) is 0.668. The van der Waals surface area contributed by atoms with Crippen molar-refractivity contribution in [3.63, 3.8) is 0 Å². The van der Waals surface area contributed by atoms with Crippen molar-refractivity contribution in [1.29, 1.82) is 0 Å². The highest BCUT2D eigenvalue weighted by Gasteiger charge is 2.19. The molecule has 1 aliphatic heterocycles. The van der Waals surface area contributed by atoms with E-state index >= 15 is 0 Å². The Hall–Kier alpha value is -2.86. The number of nitrogens with one attached hydrogen (secondary N) is 1. The largest absolute Gasteiger partial charge is 0.464 e. The number of fused-ring (bicyclic) bond motifs is 3. The summed E-state index contributed by atoms with van der Waals surface area (Å²) in [6.45, 7) is 0.164. The normalized spacial score (nSPS) is 14.1. The van der Waals surface area contributed by atoms with Crippen molar-refractivity contribution >= 4 is 40.7 Å². The van der Waals surface area contributed by atoms with Crippen molar-refractivity contribution < 1.29 is 18.7 Å². The highest BCUT2D eigenvalue weighted by Crippen LogP contribution is 2.38. The molecule has 0 saturated heterocycles. The predicted octanol–water partition coefficient (Wildman–Crippen LogP) is 3.84. The number of amides is 1. The smallest absolute Gasteiger partial charge is 0.231 e. The van der Waals surface area contributed by atoms with Crippen LogP contribution >= 0.6 is 12.4 Å². The molecule has 0 unspecified atom stereocenters. The van der Waals surface area contributed by atoms with Gasteiger partial charge in [-0.25, -0.2) is 0 Å². The number of benzene rings is 2. The number of carbonyl (C=O) groups excluding carboxylic acids is 1. The van der Waals surface area contributed by atoms with Gasteiger partial charge in [-0.1, -0.05) is 0 Å². The number of halogens is 1. The Morgan fingerprint density at radius 3 is 2.63 bits per heavy atom. The van der Waals surface area contributed by atoms with Crippen LogP contribution in [0.2, 0.25) is 0 Å². The molecule has 2 heterocycles. The molecule has 1 aliphatic carbocycles. The maximum Gasteiger partial charge on any atom is 0.231 e. The Morgan fingerprint density at radius 2 is 1.81 bits per heavy atom. The van der Waals surface area contributed by atoms with E-state index in [0.717, 1.165) is 29.4 Å². The molecule has 3 aromatic rings. The summed E-state index contributed by atoms with van der Waals surface area (Å²) in [7, 11) is 0. The van der Waals surface area contributed by atoms with E-state index in [0.29, 0.717) is 22.9 Å². The molecule has 1 aromatic heterocycles. The van der Waals surface area contributed by atoms with Crippen LogP contribution < -0.4 is 20.5 Å². The minimum Gasteiger partial charge on any atom is -0.464 e. The number of ether oxygens (including phenoxy) is 2. The number of carbonyl (C=O) groups is 1. The van der Waals surface area contributed by atoms with Crippen LogP contribution in [0.15, 0.2) is 34.9 Å². The molecule has 0 spiro atoms. The molecule has 5 rings (SSSR count). The van der Waals surface area contributed by atoms with E-state index in [2.05, 4.69) is 17.4 Å². The number of hydrogen-bond acceptors (Lipinski definition) is 5. The van der Waals surface area contributed by atoms with Crippen molar-refractivity contribution in [3.8, 4) is 11.5 Å². The second-order valence-electron chi connectivity index (χ2n) is 6.75. The molecular weight excluding hydrogens is 368 g/mol. The standard InChI is InChI=1S/C20H18N2O4.ClH/c21-15-7-18-19(26-10-25-18)8-16(15)22-20(23)6-13-9-24-17-5-12-3-1-2-11(12)4-14(13)17;/h4-5,7-9H,1-3,6,10,21H2,(H,22,23);1H. The van der Waals surface area contributed by atoms with Gasteiger partial charge < -0.3 is 24.9 Å². The molecule has 3 N–H and O–H groups in total. The van der Waals surface area contributed by atoms with Crippen LogP contribution in [0.1, 0.15) is 23.1 Å². The number of aryl methyl sites for hydroxylation is 2. The maximum absolute atomic E-state index is 12.5. The van der Waals surface area contributed by atoms with Crippen LogP contribution in [0.25, 0.3) is 11.0 Å². The Balaban J connectivity index is 0.00000180. The Bertz CT molecular complexity index is 1040.